The summed E-state index contributed by atoms with van der Waals surface area (Å²) in [6.45, 7) is 4.52. The first kappa shape index (κ1) is 24.9. The molecule has 1 aliphatic rings. The lowest BCUT2D eigenvalue weighted by Crippen LogP contribution is -2.47. The van der Waals surface area contributed by atoms with Crippen LogP contribution in [0.4, 0.5) is 4.79 Å². The van der Waals surface area contributed by atoms with Crippen molar-refractivity contribution in [1.82, 2.24) is 10.2 Å². The number of hydrogen-bond donors (Lipinski definition) is 1. The third kappa shape index (κ3) is 14.0. The van der Waals surface area contributed by atoms with E-state index in [0.29, 0.717) is 32.7 Å². The molecule has 1 N–H and O–H groups in total. The van der Waals surface area contributed by atoms with Crippen LogP contribution < -0.4 is 5.32 Å². The van der Waals surface area contributed by atoms with Crippen LogP contribution in [0.5, 0.6) is 0 Å². The van der Waals surface area contributed by atoms with Crippen LogP contribution in [0.25, 0.3) is 0 Å². The maximum absolute atomic E-state index is 11.9. The smallest absolute Gasteiger partial charge is 0.324 e. The second-order valence-electron chi connectivity index (χ2n) is 8.15. The highest BCUT2D eigenvalue weighted by atomic mass is 16.5. The molecule has 3 amide bonds. The fraction of sp³-hybridized carbons (Fsp3) is 0.913. The number of imide groups is 1. The van der Waals surface area contributed by atoms with Gasteiger partial charge >= 0.3 is 6.03 Å². The van der Waals surface area contributed by atoms with Crippen LogP contribution in [0, 0.1) is 0 Å². The average Bonchev–Trinajstić information content (AvgIpc) is 2.71. The number of amides is 3. The highest BCUT2D eigenvalue weighted by Gasteiger charge is 2.18. The number of nitrogens with one attached hydrogen (secondary N) is 1. The first-order valence-electron chi connectivity index (χ1n) is 11.9. The number of rotatable bonds is 16. The molecule has 0 saturated carbocycles. The molecular weight excluding hydrogens is 352 g/mol. The number of unbranched alkanes of at least 4 members (excludes halogenated alkanes) is 14. The number of morpholine rings is 1. The van der Waals surface area contributed by atoms with Crippen LogP contribution in [0.2, 0.25) is 0 Å². The van der Waals surface area contributed by atoms with Crippen molar-refractivity contribution in [1.29, 1.82) is 0 Å². The van der Waals surface area contributed by atoms with Crippen molar-refractivity contribution in [2.45, 2.75) is 110 Å². The molecule has 0 aromatic heterocycles. The second-order valence-corrected chi connectivity index (χ2v) is 8.15. The van der Waals surface area contributed by atoms with Gasteiger partial charge < -0.3 is 9.64 Å². The summed E-state index contributed by atoms with van der Waals surface area (Å²) < 4.78 is 5.21. The Labute approximate surface area is 173 Å². The summed E-state index contributed by atoms with van der Waals surface area (Å²) >= 11 is 0. The van der Waals surface area contributed by atoms with E-state index in [-0.39, 0.29) is 11.9 Å². The fourth-order valence-electron chi connectivity index (χ4n) is 3.68. The number of urea groups is 1. The summed E-state index contributed by atoms with van der Waals surface area (Å²) in [5, 5.41) is 2.49. The van der Waals surface area contributed by atoms with E-state index < -0.39 is 0 Å². The molecular formula is C23H44N2O3. The Kier molecular flexibility index (Phi) is 16.0. The molecule has 5 nitrogen and oxygen atoms in total. The molecule has 1 fully saturated rings. The van der Waals surface area contributed by atoms with E-state index in [9.17, 15) is 9.59 Å². The van der Waals surface area contributed by atoms with Crippen molar-refractivity contribution in [3.05, 3.63) is 0 Å². The topological polar surface area (TPSA) is 58.6 Å². The molecule has 0 bridgehead atoms. The Balaban J connectivity index is 1.80. The van der Waals surface area contributed by atoms with E-state index in [1.54, 1.807) is 4.90 Å². The van der Waals surface area contributed by atoms with Gasteiger partial charge in [-0.15, -0.1) is 0 Å². The van der Waals surface area contributed by atoms with Crippen LogP contribution in [0.3, 0.4) is 0 Å². The summed E-state index contributed by atoms with van der Waals surface area (Å²) in [6.07, 6.45) is 20.1. The van der Waals surface area contributed by atoms with Crippen LogP contribution >= 0.6 is 0 Å². The summed E-state index contributed by atoms with van der Waals surface area (Å²) in [5.41, 5.74) is 0. The summed E-state index contributed by atoms with van der Waals surface area (Å²) in [5.74, 6) is -0.147. The van der Waals surface area contributed by atoms with E-state index in [1.807, 2.05) is 0 Å². The molecule has 28 heavy (non-hydrogen) atoms. The Hall–Kier alpha value is -1.10. The summed E-state index contributed by atoms with van der Waals surface area (Å²) in [7, 11) is 0. The normalized spacial score (nSPS) is 14.2. The zero-order chi connectivity index (χ0) is 20.3. The summed E-state index contributed by atoms with van der Waals surface area (Å²) in [6, 6.07) is -0.269. The van der Waals surface area contributed by atoms with Crippen molar-refractivity contribution in [3.63, 3.8) is 0 Å². The Morgan fingerprint density at radius 3 is 1.61 bits per heavy atom. The molecule has 1 rings (SSSR count). The summed E-state index contributed by atoms with van der Waals surface area (Å²) in [4.78, 5) is 25.4. The zero-order valence-electron chi connectivity index (χ0n) is 18.3. The number of nitrogens with zero attached hydrogens (tertiary/aromatic N) is 1. The van der Waals surface area contributed by atoms with Crippen LogP contribution in [-0.2, 0) is 9.53 Å². The van der Waals surface area contributed by atoms with E-state index in [1.165, 1.54) is 83.5 Å². The maximum Gasteiger partial charge on any atom is 0.324 e. The van der Waals surface area contributed by atoms with Gasteiger partial charge in [-0.1, -0.05) is 96.8 Å². The number of carbonyl (C=O) groups excluding carboxylic acids is 2. The molecule has 0 spiro atoms. The van der Waals surface area contributed by atoms with E-state index in [2.05, 4.69) is 12.2 Å². The van der Waals surface area contributed by atoms with Crippen molar-refractivity contribution in [2.75, 3.05) is 26.3 Å². The van der Waals surface area contributed by atoms with E-state index >= 15 is 0 Å². The predicted molar refractivity (Wildman–Crippen MR) is 115 cm³/mol. The zero-order valence-corrected chi connectivity index (χ0v) is 18.3. The van der Waals surface area contributed by atoms with Gasteiger partial charge in [0.15, 0.2) is 0 Å². The van der Waals surface area contributed by atoms with Crippen LogP contribution in [0.15, 0.2) is 0 Å². The monoisotopic (exact) mass is 396 g/mol. The number of hydrogen-bond acceptors (Lipinski definition) is 3. The lowest BCUT2D eigenvalue weighted by Gasteiger charge is -2.26. The molecule has 0 atom stereocenters. The largest absolute Gasteiger partial charge is 0.378 e. The Morgan fingerprint density at radius 2 is 1.14 bits per heavy atom. The van der Waals surface area contributed by atoms with Crippen molar-refractivity contribution in [2.24, 2.45) is 0 Å². The van der Waals surface area contributed by atoms with Gasteiger partial charge in [-0.05, 0) is 6.42 Å². The Morgan fingerprint density at radius 1 is 0.714 bits per heavy atom. The number of ether oxygens (including phenoxy) is 1. The van der Waals surface area contributed by atoms with Gasteiger partial charge in [-0.25, -0.2) is 4.79 Å². The van der Waals surface area contributed by atoms with Gasteiger partial charge in [0.1, 0.15) is 0 Å². The lowest BCUT2D eigenvalue weighted by molar-refractivity contribution is -0.120. The minimum absolute atomic E-state index is 0.147. The molecule has 0 aliphatic carbocycles. The second kappa shape index (κ2) is 18.0. The van der Waals surface area contributed by atoms with Crippen molar-refractivity contribution < 1.29 is 14.3 Å². The first-order chi connectivity index (χ1) is 13.7. The Bertz CT molecular complexity index is 395. The van der Waals surface area contributed by atoms with E-state index in [0.717, 1.165) is 12.8 Å². The van der Waals surface area contributed by atoms with Gasteiger partial charge in [0.05, 0.1) is 13.2 Å². The molecule has 0 radical (unpaired) electrons. The van der Waals surface area contributed by atoms with Gasteiger partial charge in [-0.2, -0.15) is 0 Å². The number of carbonyl (C=O) groups is 2. The highest BCUT2D eigenvalue weighted by molar-refractivity contribution is 5.94. The molecule has 0 aromatic carbocycles. The third-order valence-corrected chi connectivity index (χ3v) is 5.55. The lowest BCUT2D eigenvalue weighted by atomic mass is 10.0. The fourth-order valence-corrected chi connectivity index (χ4v) is 3.68. The van der Waals surface area contributed by atoms with Crippen LogP contribution in [0.1, 0.15) is 110 Å². The molecule has 0 aromatic rings. The van der Waals surface area contributed by atoms with Crippen molar-refractivity contribution in [3.8, 4) is 0 Å². The van der Waals surface area contributed by atoms with Gasteiger partial charge in [0.2, 0.25) is 5.91 Å². The van der Waals surface area contributed by atoms with E-state index in [4.69, 9.17) is 4.74 Å². The average molecular weight is 397 g/mol. The SMILES string of the molecule is CCCCCCCCCCCCCCCCCC(=O)NC(=O)N1CCOCC1. The minimum atomic E-state index is -0.269. The molecule has 1 saturated heterocycles. The van der Waals surface area contributed by atoms with Gasteiger partial charge in [0.25, 0.3) is 0 Å². The standard InChI is InChI=1S/C23H44N2O3/c1-2-3-4-5-6-7-8-9-10-11-12-13-14-15-16-17-22(26)24-23(27)25-18-20-28-21-19-25/h2-21H2,1H3,(H,24,26,27). The quantitative estimate of drug-likeness (QED) is 0.335. The first-order valence-corrected chi connectivity index (χ1v) is 11.9. The predicted octanol–water partition coefficient (Wildman–Crippen LogP) is 5.82. The highest BCUT2D eigenvalue weighted by Crippen LogP contribution is 2.13. The third-order valence-electron chi connectivity index (χ3n) is 5.55. The molecule has 0 unspecified atom stereocenters. The van der Waals surface area contributed by atoms with Crippen LogP contribution in [-0.4, -0.2) is 43.1 Å². The molecule has 1 aliphatic heterocycles. The minimum Gasteiger partial charge on any atom is -0.378 e. The maximum atomic E-state index is 11.9. The van der Waals surface area contributed by atoms with Gasteiger partial charge in [-0.3, -0.25) is 10.1 Å². The molecule has 1 heterocycles. The molecule has 164 valence electrons. The van der Waals surface area contributed by atoms with Gasteiger partial charge in [0, 0.05) is 19.5 Å². The van der Waals surface area contributed by atoms with Crippen molar-refractivity contribution >= 4 is 11.9 Å². The molecule has 5 heteroatoms.